The van der Waals surface area contributed by atoms with Crippen molar-refractivity contribution in [2.75, 3.05) is 68.5 Å². The highest BCUT2D eigenvalue weighted by atomic mass is 19.4. The summed E-state index contributed by atoms with van der Waals surface area (Å²) in [6, 6.07) is -5.56. The number of halogens is 4. The number of fused-ring (bicyclic) bond motifs is 1. The molecule has 0 bridgehead atoms. The third-order valence-corrected chi connectivity index (χ3v) is 18.5. The lowest BCUT2D eigenvalue weighted by Gasteiger charge is -2.45. The van der Waals surface area contributed by atoms with E-state index in [-0.39, 0.29) is 87.6 Å². The fourth-order valence-corrected chi connectivity index (χ4v) is 12.6. The van der Waals surface area contributed by atoms with Gasteiger partial charge in [0.1, 0.15) is 47.6 Å². The number of rotatable bonds is 11. The molecule has 22 nitrogen and oxygen atoms in total. The Bertz CT molecular complexity index is 2760. The van der Waals surface area contributed by atoms with E-state index in [2.05, 4.69) is 21.3 Å². The molecule has 8 atom stereocenters. The molecule has 4 fully saturated rings. The van der Waals surface area contributed by atoms with E-state index < -0.39 is 156 Å². The number of hydrogen-bond acceptors (Lipinski definition) is 11. The molecule has 4 aliphatic rings. The number of benzene rings is 1. The van der Waals surface area contributed by atoms with Crippen LogP contribution in [0.15, 0.2) is 18.2 Å². The van der Waals surface area contributed by atoms with Crippen LogP contribution in [0.2, 0.25) is 0 Å². The van der Waals surface area contributed by atoms with Crippen molar-refractivity contribution < 1.29 is 70.3 Å². The van der Waals surface area contributed by atoms with E-state index in [1.807, 2.05) is 34.6 Å². The maximum Gasteiger partial charge on any atom is 0.419 e. The molecule has 0 radical (unpaired) electrons. The molecule has 2 aliphatic carbocycles. The zero-order chi connectivity index (χ0) is 67.3. The van der Waals surface area contributed by atoms with E-state index in [4.69, 9.17) is 0 Å². The van der Waals surface area contributed by atoms with Gasteiger partial charge < -0.3 is 55.6 Å². The van der Waals surface area contributed by atoms with Gasteiger partial charge in [0.05, 0.1) is 25.2 Å². The molecule has 2 aliphatic heterocycles. The second-order valence-electron chi connectivity index (χ2n) is 26.7. The minimum atomic E-state index is -4.99. The zero-order valence-electron chi connectivity index (χ0n) is 55.1. The maximum absolute atomic E-state index is 14.9. The van der Waals surface area contributed by atoms with Crippen LogP contribution in [0, 0.1) is 29.5 Å². The van der Waals surface area contributed by atoms with Crippen molar-refractivity contribution in [3.8, 4) is 0 Å². The van der Waals surface area contributed by atoms with Crippen molar-refractivity contribution in [3.05, 3.63) is 35.1 Å². The number of carbonyl (C=O) groups excluding carboxylic acids is 11. The van der Waals surface area contributed by atoms with Gasteiger partial charge in [-0.25, -0.2) is 4.39 Å². The number of alkyl halides is 3. The average molecular weight is 1270 g/mol. The summed E-state index contributed by atoms with van der Waals surface area (Å²) in [6.07, 6.45) is 0.976. The Balaban J connectivity index is 1.54. The minimum Gasteiger partial charge on any atom is -0.351 e. The normalized spacial score (nSPS) is 26.2. The monoisotopic (exact) mass is 1270 g/mol. The third-order valence-electron chi connectivity index (χ3n) is 18.5. The van der Waals surface area contributed by atoms with Crippen molar-refractivity contribution in [1.29, 1.82) is 0 Å². The summed E-state index contributed by atoms with van der Waals surface area (Å²) in [5, 5.41) is 11.4. The van der Waals surface area contributed by atoms with Gasteiger partial charge in [0.2, 0.25) is 65.0 Å². The summed E-state index contributed by atoms with van der Waals surface area (Å²) < 4.78 is 55.7. The Kier molecular flexibility index (Phi) is 26.6. The third kappa shape index (κ3) is 19.3. The first kappa shape index (κ1) is 73.8. The predicted molar refractivity (Wildman–Crippen MR) is 327 cm³/mol. The Hall–Kier alpha value is -6.89. The molecule has 2 heterocycles. The largest absolute Gasteiger partial charge is 0.419 e. The van der Waals surface area contributed by atoms with E-state index in [1.165, 1.54) is 61.9 Å². The molecule has 504 valence electrons. The van der Waals surface area contributed by atoms with Crippen molar-refractivity contribution in [2.24, 2.45) is 23.7 Å². The predicted octanol–water partition coefficient (Wildman–Crippen LogP) is 4.65. The molecule has 4 N–H and O–H groups in total. The van der Waals surface area contributed by atoms with E-state index in [9.17, 15) is 70.3 Å². The first-order valence-electron chi connectivity index (χ1n) is 32.0. The Morgan fingerprint density at radius 3 is 1.77 bits per heavy atom. The van der Waals surface area contributed by atoms with Gasteiger partial charge in [0.15, 0.2) is 0 Å². The summed E-state index contributed by atoms with van der Waals surface area (Å²) in [4.78, 5) is 167. The van der Waals surface area contributed by atoms with Crippen molar-refractivity contribution in [2.45, 2.75) is 212 Å². The molecule has 1 aromatic carbocycles. The van der Waals surface area contributed by atoms with Crippen LogP contribution in [0.3, 0.4) is 0 Å². The number of nitrogens with zero attached hydrogens (tertiary/aromatic N) is 7. The highest BCUT2D eigenvalue weighted by Crippen LogP contribution is 2.36. The minimum absolute atomic E-state index is 0.0170. The molecule has 1 unspecified atom stereocenters. The van der Waals surface area contributed by atoms with Gasteiger partial charge in [0.25, 0.3) is 0 Å². The number of nitrogens with one attached hydrogen (secondary N) is 4. The molecular weight excluding hydrogens is 1170 g/mol. The van der Waals surface area contributed by atoms with Gasteiger partial charge in [-0.15, -0.1) is 0 Å². The van der Waals surface area contributed by atoms with Gasteiger partial charge in [-0.2, -0.15) is 13.2 Å². The van der Waals surface area contributed by atoms with E-state index in [0.29, 0.717) is 31.4 Å². The smallest absolute Gasteiger partial charge is 0.351 e. The number of aryl methyl sites for hydroxylation is 1. The summed E-state index contributed by atoms with van der Waals surface area (Å²) in [6.45, 7) is 11.1. The first-order chi connectivity index (χ1) is 42.1. The van der Waals surface area contributed by atoms with Gasteiger partial charge in [0, 0.05) is 61.3 Å². The van der Waals surface area contributed by atoms with Gasteiger partial charge in [-0.3, -0.25) is 52.7 Å². The molecule has 1 spiro atoms. The molecule has 2 saturated carbocycles. The average Bonchev–Trinajstić information content (AvgIpc) is 2.12. The molecule has 11 amide bonds. The van der Waals surface area contributed by atoms with Crippen molar-refractivity contribution >= 4 is 65.0 Å². The van der Waals surface area contributed by atoms with Crippen LogP contribution in [0.5, 0.6) is 0 Å². The van der Waals surface area contributed by atoms with Crippen LogP contribution in [0.4, 0.5) is 17.6 Å². The van der Waals surface area contributed by atoms with Crippen LogP contribution in [0.1, 0.15) is 162 Å². The van der Waals surface area contributed by atoms with Crippen LogP contribution >= 0.6 is 0 Å². The summed E-state index contributed by atoms with van der Waals surface area (Å²) in [7, 11) is 8.46. The summed E-state index contributed by atoms with van der Waals surface area (Å²) in [5.74, 6) is -9.27. The first-order valence-corrected chi connectivity index (χ1v) is 32.0. The lowest BCUT2D eigenvalue weighted by molar-refractivity contribution is -0.152. The highest BCUT2D eigenvalue weighted by Gasteiger charge is 2.51. The fourth-order valence-electron chi connectivity index (χ4n) is 12.6. The molecule has 5 rings (SSSR count). The molecule has 90 heavy (non-hydrogen) atoms. The Morgan fingerprint density at radius 2 is 1.20 bits per heavy atom. The SMILES string of the molecule is CC[C@H](C)[C@@H]1NC(=O)[C@H](CC(C)C)N(C)C(=O)C[C@@H](C)NC(=O)[C@H](CC(C)C)N(C)C(=O)C2(CCC2)NC(=O)C2CCCN2C(=O)[C@H](CCc2ccc(C(F)(F)F)c(F)c2)NC(=O)CN(C)C(=O)[C@H](CC2CCCCC2)N(C)C(=O)CN(C)C(=O)CN(C)C1=O. The summed E-state index contributed by atoms with van der Waals surface area (Å²) in [5.41, 5.74) is -2.92. The molecule has 26 heteroatoms. The number of amides is 11. The van der Waals surface area contributed by atoms with Crippen LogP contribution in [-0.2, 0) is 65.3 Å². The van der Waals surface area contributed by atoms with Crippen LogP contribution < -0.4 is 21.3 Å². The standard InChI is InChI=1S/C64H99F4N11O11/c1-14-40(6)55-61(89)75(10)36-53(82)73(8)37-54(83)77(12)50(34-42-20-16-15-17-21-42)60(88)74(9)35-51(80)70-46(26-24-43-23-25-44(45(65)33-43)64(66,67)68)59(87)79-29-18-22-47(79)58(86)72-63(27-19-28-63)62(90)78(13)49(31-39(4)5)56(84)69-41(7)32-52(81)76(11)48(30-38(2)3)57(85)71-55/h23,25,33,38-42,46-50,55H,14-22,24,26-32,34-37H2,1-13H3,(H,69,84)(H,70,80)(H,71,85)(H,72,86)/t40-,41+,46-,47?,48-,49-,50-,55-/m0/s1. The second-order valence-corrected chi connectivity index (χ2v) is 26.7. The van der Waals surface area contributed by atoms with E-state index >= 15 is 0 Å². The van der Waals surface area contributed by atoms with Gasteiger partial charge in [-0.05, 0) is 112 Å². The highest BCUT2D eigenvalue weighted by molar-refractivity contribution is 5.99. The number of carbonyl (C=O) groups is 11. The lowest BCUT2D eigenvalue weighted by Crippen LogP contribution is -2.67. The van der Waals surface area contributed by atoms with Crippen LogP contribution in [0.25, 0.3) is 0 Å². The second kappa shape index (κ2) is 32.4. The lowest BCUT2D eigenvalue weighted by atomic mass is 9.75. The van der Waals surface area contributed by atoms with Gasteiger partial charge >= 0.3 is 6.18 Å². The van der Waals surface area contributed by atoms with E-state index in [1.54, 1.807) is 13.8 Å². The summed E-state index contributed by atoms with van der Waals surface area (Å²) >= 11 is 0. The number of hydrogen-bond donors (Lipinski definition) is 4. The van der Waals surface area contributed by atoms with Gasteiger partial charge in [-0.1, -0.05) is 86.1 Å². The maximum atomic E-state index is 14.9. The quantitative estimate of drug-likeness (QED) is 0.222. The van der Waals surface area contributed by atoms with Crippen molar-refractivity contribution in [3.63, 3.8) is 0 Å². The Labute approximate surface area is 528 Å². The molecule has 2 saturated heterocycles. The zero-order valence-corrected chi connectivity index (χ0v) is 55.1. The topological polar surface area (TPSA) is 259 Å². The fraction of sp³-hybridized carbons (Fsp3) is 0.734. The Morgan fingerprint density at radius 1 is 0.622 bits per heavy atom. The van der Waals surface area contributed by atoms with Crippen molar-refractivity contribution in [1.82, 2.24) is 55.6 Å². The number of likely N-dealkylation sites (N-methyl/N-ethyl adjacent to an activating group) is 6. The molecule has 0 aromatic heterocycles. The molecule has 1 aromatic rings. The van der Waals surface area contributed by atoms with Crippen LogP contribution in [-0.4, -0.2) is 216 Å². The van der Waals surface area contributed by atoms with E-state index in [0.717, 1.165) is 52.9 Å². The molecular formula is C64H99F4N11O11.